The molecule has 1 aromatic rings. The van der Waals surface area contributed by atoms with Gasteiger partial charge in [-0.1, -0.05) is 18.8 Å². The minimum atomic E-state index is -2.64. The number of ketones is 2. The highest BCUT2D eigenvalue weighted by Gasteiger charge is 2.63. The van der Waals surface area contributed by atoms with Gasteiger partial charge in [0.2, 0.25) is 5.78 Å². The number of Topliss-reactive ketones (excluding diaryl/α,β-unsaturated/α-hetero) is 2. The van der Waals surface area contributed by atoms with Gasteiger partial charge in [-0.15, -0.1) is 0 Å². The molecule has 35 heavy (non-hydrogen) atoms. The summed E-state index contributed by atoms with van der Waals surface area (Å²) in [7, 11) is 3.18. The van der Waals surface area contributed by atoms with E-state index >= 15 is 0 Å². The molecule has 0 bridgehead atoms. The summed E-state index contributed by atoms with van der Waals surface area (Å²) in [6.45, 7) is 1.99. The lowest BCUT2D eigenvalue weighted by Gasteiger charge is -2.50. The van der Waals surface area contributed by atoms with E-state index in [9.17, 15) is 34.8 Å². The quantitative estimate of drug-likeness (QED) is 0.319. The fraction of sp³-hybridized carbons (Fsp3) is 0.423. The van der Waals surface area contributed by atoms with E-state index in [4.69, 9.17) is 5.73 Å². The molecule has 1 amide bonds. The number of allylic oxidation sites excluding steroid dienone is 1. The van der Waals surface area contributed by atoms with E-state index in [2.05, 4.69) is 11.8 Å². The SMILES string of the molecule is CCCC#Cc1ccc(O)c2c1C[C@@H]1C[C@@H]3[C@@H](N(C)C)C(O)=C(C(N)=O)C(=O)[C@@]3(O)C(O)=C1C2=O. The number of primary amides is 1. The highest BCUT2D eigenvalue weighted by molar-refractivity contribution is 6.24. The van der Waals surface area contributed by atoms with E-state index in [1.807, 2.05) is 6.92 Å². The zero-order chi connectivity index (χ0) is 25.8. The van der Waals surface area contributed by atoms with Crippen LogP contribution in [0.1, 0.15) is 47.7 Å². The van der Waals surface area contributed by atoms with Crippen molar-refractivity contribution in [3.8, 4) is 17.6 Å². The van der Waals surface area contributed by atoms with Crippen molar-refractivity contribution in [2.75, 3.05) is 14.1 Å². The van der Waals surface area contributed by atoms with Gasteiger partial charge in [-0.3, -0.25) is 19.3 Å². The minimum absolute atomic E-state index is 0.0333. The molecule has 4 rings (SSSR count). The molecule has 9 heteroatoms. The van der Waals surface area contributed by atoms with Gasteiger partial charge in [-0.25, -0.2) is 0 Å². The van der Waals surface area contributed by atoms with Gasteiger partial charge in [-0.2, -0.15) is 0 Å². The number of benzene rings is 1. The summed E-state index contributed by atoms with van der Waals surface area (Å²) in [6, 6.07) is 1.97. The third-order valence-electron chi connectivity index (χ3n) is 7.20. The second kappa shape index (κ2) is 8.56. The summed E-state index contributed by atoms with van der Waals surface area (Å²) in [4.78, 5) is 40.3. The first-order valence-corrected chi connectivity index (χ1v) is 11.4. The Hall–Kier alpha value is -3.61. The van der Waals surface area contributed by atoms with Crippen molar-refractivity contribution in [1.82, 2.24) is 4.90 Å². The number of nitrogens with two attached hydrogens (primary N) is 1. The van der Waals surface area contributed by atoms with Crippen molar-refractivity contribution in [1.29, 1.82) is 0 Å². The molecule has 0 saturated carbocycles. The molecule has 4 atom stereocenters. The van der Waals surface area contributed by atoms with Crippen LogP contribution in [-0.2, 0) is 16.0 Å². The van der Waals surface area contributed by atoms with E-state index in [1.54, 1.807) is 20.2 Å². The smallest absolute Gasteiger partial charge is 0.255 e. The number of aliphatic hydroxyl groups excluding tert-OH is 2. The number of phenolic OH excluding ortho intramolecular Hbond substituents is 1. The molecule has 0 unspecified atom stereocenters. The molecule has 0 saturated heterocycles. The van der Waals surface area contributed by atoms with Crippen LogP contribution in [0.3, 0.4) is 0 Å². The summed E-state index contributed by atoms with van der Waals surface area (Å²) in [6.07, 6.45) is 1.79. The number of fused-ring (bicyclic) bond motifs is 3. The summed E-state index contributed by atoms with van der Waals surface area (Å²) in [5.41, 5.74) is 2.77. The number of nitrogens with zero attached hydrogens (tertiary/aromatic N) is 1. The first-order valence-electron chi connectivity index (χ1n) is 11.4. The van der Waals surface area contributed by atoms with E-state index in [0.29, 0.717) is 17.5 Å². The van der Waals surface area contributed by atoms with Gasteiger partial charge < -0.3 is 26.2 Å². The van der Waals surface area contributed by atoms with Crippen LogP contribution in [0.25, 0.3) is 0 Å². The molecular weight excluding hydrogens is 452 g/mol. The lowest BCUT2D eigenvalue weighted by Crippen LogP contribution is -2.63. The van der Waals surface area contributed by atoms with Crippen LogP contribution in [0.5, 0.6) is 5.75 Å². The van der Waals surface area contributed by atoms with E-state index in [1.165, 1.54) is 11.0 Å². The zero-order valence-corrected chi connectivity index (χ0v) is 19.8. The fourth-order valence-corrected chi connectivity index (χ4v) is 5.65. The van der Waals surface area contributed by atoms with Crippen LogP contribution < -0.4 is 5.73 Å². The number of aliphatic hydroxyl groups is 3. The molecule has 6 N–H and O–H groups in total. The fourth-order valence-electron chi connectivity index (χ4n) is 5.65. The Morgan fingerprint density at radius 3 is 2.51 bits per heavy atom. The first kappa shape index (κ1) is 24.5. The molecule has 3 aliphatic rings. The van der Waals surface area contributed by atoms with Crippen molar-refractivity contribution >= 4 is 17.5 Å². The van der Waals surface area contributed by atoms with Crippen molar-refractivity contribution in [2.45, 2.75) is 44.2 Å². The zero-order valence-electron chi connectivity index (χ0n) is 19.8. The van der Waals surface area contributed by atoms with Crippen LogP contribution >= 0.6 is 0 Å². The number of aromatic hydroxyl groups is 1. The number of carbonyl (C=O) groups is 3. The lowest BCUT2D eigenvalue weighted by molar-refractivity contribution is -0.148. The third kappa shape index (κ3) is 3.44. The van der Waals surface area contributed by atoms with Crippen LogP contribution in [0.4, 0.5) is 0 Å². The summed E-state index contributed by atoms with van der Waals surface area (Å²) >= 11 is 0. The molecule has 0 aliphatic heterocycles. The Labute approximate surface area is 202 Å². The van der Waals surface area contributed by atoms with Gasteiger partial charge in [0, 0.05) is 23.5 Å². The van der Waals surface area contributed by atoms with Gasteiger partial charge in [0.25, 0.3) is 5.91 Å². The van der Waals surface area contributed by atoms with Gasteiger partial charge >= 0.3 is 0 Å². The Kier molecular flexibility index (Phi) is 5.99. The maximum atomic E-state index is 13.6. The van der Waals surface area contributed by atoms with Crippen LogP contribution in [-0.4, -0.2) is 68.5 Å². The molecule has 0 spiro atoms. The molecule has 0 fully saturated rings. The highest BCUT2D eigenvalue weighted by atomic mass is 16.3. The van der Waals surface area contributed by atoms with Crippen LogP contribution in [0, 0.1) is 23.7 Å². The predicted octanol–water partition coefficient (Wildman–Crippen LogP) is 1.27. The second-order valence-electron chi connectivity index (χ2n) is 9.50. The van der Waals surface area contributed by atoms with Gasteiger partial charge in [0.1, 0.15) is 22.8 Å². The molecule has 9 nitrogen and oxygen atoms in total. The number of hydrogen-bond acceptors (Lipinski definition) is 8. The molecule has 0 heterocycles. The number of hydrogen-bond donors (Lipinski definition) is 5. The Morgan fingerprint density at radius 2 is 1.91 bits per heavy atom. The van der Waals surface area contributed by atoms with E-state index in [0.717, 1.165) is 6.42 Å². The standard InChI is InChI=1S/C26H28N2O7/c1-4-5-6-7-12-8-9-16(29)18-14(12)10-13-11-15-20(28(2)3)22(31)19(25(27)34)24(33)26(15,35)23(32)17(13)21(18)30/h8-9,13,15,20,29,31-32,35H,4-5,10-11H2,1-3H3,(H2,27,34)/t13-,15-,20-,26+/m1/s1. The Bertz CT molecular complexity index is 1280. The van der Waals surface area contributed by atoms with Crippen molar-refractivity contribution in [3.63, 3.8) is 0 Å². The van der Waals surface area contributed by atoms with Gasteiger partial charge in [-0.05, 0) is 57.0 Å². The number of likely N-dealkylation sites (N-methyl/N-ethyl adjacent to an activating group) is 1. The lowest BCUT2D eigenvalue weighted by atomic mass is 9.58. The largest absolute Gasteiger partial charge is 0.510 e. The van der Waals surface area contributed by atoms with E-state index in [-0.39, 0.29) is 29.7 Å². The van der Waals surface area contributed by atoms with Crippen molar-refractivity contribution in [3.05, 3.63) is 51.5 Å². The summed E-state index contributed by atoms with van der Waals surface area (Å²) in [5, 5.41) is 44.1. The normalized spacial score (nSPS) is 27.7. The summed E-state index contributed by atoms with van der Waals surface area (Å²) in [5.74, 6) is -0.569. The molecule has 0 aromatic heterocycles. The minimum Gasteiger partial charge on any atom is -0.510 e. The van der Waals surface area contributed by atoms with Crippen molar-refractivity contribution in [2.24, 2.45) is 17.6 Å². The number of phenols is 1. The van der Waals surface area contributed by atoms with Gasteiger partial charge in [0.15, 0.2) is 11.4 Å². The Balaban J connectivity index is 1.94. The number of unbranched alkanes of at least 4 members (excludes halogenated alkanes) is 1. The number of rotatable bonds is 3. The monoisotopic (exact) mass is 480 g/mol. The summed E-state index contributed by atoms with van der Waals surface area (Å²) < 4.78 is 0. The molecule has 3 aliphatic carbocycles. The number of amides is 1. The number of carbonyl (C=O) groups excluding carboxylic acids is 3. The topological polar surface area (TPSA) is 161 Å². The third-order valence-corrected chi connectivity index (χ3v) is 7.20. The van der Waals surface area contributed by atoms with Crippen LogP contribution in [0.15, 0.2) is 34.8 Å². The molecule has 0 radical (unpaired) electrons. The first-order chi connectivity index (χ1) is 16.5. The predicted molar refractivity (Wildman–Crippen MR) is 125 cm³/mol. The van der Waals surface area contributed by atoms with Crippen LogP contribution in [0.2, 0.25) is 0 Å². The molecule has 184 valence electrons. The maximum Gasteiger partial charge on any atom is 0.255 e. The maximum absolute atomic E-state index is 13.6. The molecule has 1 aromatic carbocycles. The average molecular weight is 481 g/mol. The molecular formula is C26H28N2O7. The van der Waals surface area contributed by atoms with E-state index < -0.39 is 58.0 Å². The van der Waals surface area contributed by atoms with Gasteiger partial charge in [0.05, 0.1) is 11.6 Å². The Morgan fingerprint density at radius 1 is 1.23 bits per heavy atom. The average Bonchev–Trinajstić information content (AvgIpc) is 2.77. The van der Waals surface area contributed by atoms with Crippen molar-refractivity contribution < 1.29 is 34.8 Å². The second-order valence-corrected chi connectivity index (χ2v) is 9.50. The highest BCUT2D eigenvalue weighted by Crippen LogP contribution is 2.52.